The minimum absolute atomic E-state index is 0.274. The molecule has 0 fully saturated rings. The van der Waals surface area contributed by atoms with E-state index < -0.39 is 17.4 Å². The normalized spacial score (nSPS) is 19.1. The van der Waals surface area contributed by atoms with Crippen molar-refractivity contribution in [2.75, 3.05) is 4.90 Å². The number of fused-ring (bicyclic) bond motifs is 1. The van der Waals surface area contributed by atoms with E-state index in [1.165, 1.54) is 4.90 Å². The zero-order valence-electron chi connectivity index (χ0n) is 15.9. The molecule has 0 spiro atoms. The van der Waals surface area contributed by atoms with Crippen molar-refractivity contribution in [1.29, 1.82) is 0 Å². The Morgan fingerprint density at radius 3 is 2.31 bits per heavy atom. The predicted molar refractivity (Wildman–Crippen MR) is 113 cm³/mol. The minimum atomic E-state index is -1.92. The largest absolute Gasteiger partial charge is 0.375 e. The predicted octanol–water partition coefficient (Wildman–Crippen LogP) is 4.59. The Labute approximate surface area is 174 Å². The standard InChI is InChI=1S/C24H20ClNO3/c1-16(22(27)18-7-3-2-4-8-18)24(29)20-9-5-6-10-21(20)26(23(24)28)15-17-11-13-19(25)14-12-17/h2-14,16,29H,15H2,1H3/t16-,24+/m0/s1. The molecule has 4 rings (SSSR count). The second-order valence-corrected chi connectivity index (χ2v) is 7.69. The number of carbonyl (C=O) groups excluding carboxylic acids is 2. The highest BCUT2D eigenvalue weighted by Gasteiger charge is 2.55. The summed E-state index contributed by atoms with van der Waals surface area (Å²) in [4.78, 5) is 28.0. The molecular weight excluding hydrogens is 386 g/mol. The maximum absolute atomic E-state index is 13.4. The third-order valence-corrected chi connectivity index (χ3v) is 5.76. The van der Waals surface area contributed by atoms with Gasteiger partial charge in [-0.1, -0.05) is 79.2 Å². The molecule has 146 valence electrons. The molecule has 0 radical (unpaired) electrons. The topological polar surface area (TPSA) is 57.6 Å². The molecule has 0 saturated carbocycles. The summed E-state index contributed by atoms with van der Waals surface area (Å²) in [5, 5.41) is 12.2. The van der Waals surface area contributed by atoms with Crippen molar-refractivity contribution < 1.29 is 14.7 Å². The molecule has 2 atom stereocenters. The highest BCUT2D eigenvalue weighted by Crippen LogP contribution is 2.46. The van der Waals surface area contributed by atoms with Gasteiger partial charge in [-0.3, -0.25) is 9.59 Å². The van der Waals surface area contributed by atoms with Crippen molar-refractivity contribution >= 4 is 29.0 Å². The van der Waals surface area contributed by atoms with Gasteiger partial charge in [0.25, 0.3) is 5.91 Å². The van der Waals surface area contributed by atoms with E-state index in [9.17, 15) is 14.7 Å². The van der Waals surface area contributed by atoms with Crippen molar-refractivity contribution in [2.24, 2.45) is 5.92 Å². The van der Waals surface area contributed by atoms with Crippen LogP contribution >= 0.6 is 11.6 Å². The zero-order chi connectivity index (χ0) is 20.6. The summed E-state index contributed by atoms with van der Waals surface area (Å²) in [7, 11) is 0. The lowest BCUT2D eigenvalue weighted by atomic mass is 9.79. The third kappa shape index (κ3) is 3.24. The van der Waals surface area contributed by atoms with Gasteiger partial charge in [0.1, 0.15) is 0 Å². The Kier molecular flexibility index (Phi) is 4.99. The van der Waals surface area contributed by atoms with Gasteiger partial charge in [0.15, 0.2) is 11.4 Å². The fraction of sp³-hybridized carbons (Fsp3) is 0.167. The van der Waals surface area contributed by atoms with E-state index in [0.717, 1.165) is 5.56 Å². The van der Waals surface area contributed by atoms with E-state index in [0.29, 0.717) is 21.8 Å². The number of ketones is 1. The second-order valence-electron chi connectivity index (χ2n) is 7.25. The Hall–Kier alpha value is -2.95. The van der Waals surface area contributed by atoms with Crippen LogP contribution in [0.3, 0.4) is 0 Å². The van der Waals surface area contributed by atoms with E-state index >= 15 is 0 Å². The highest BCUT2D eigenvalue weighted by molar-refractivity contribution is 6.30. The molecule has 1 amide bonds. The number of benzene rings is 3. The molecule has 0 bridgehead atoms. The quantitative estimate of drug-likeness (QED) is 0.631. The van der Waals surface area contributed by atoms with E-state index in [1.54, 1.807) is 61.5 Å². The molecule has 0 unspecified atom stereocenters. The molecule has 4 nitrogen and oxygen atoms in total. The van der Waals surface area contributed by atoms with E-state index in [-0.39, 0.29) is 12.3 Å². The molecule has 5 heteroatoms. The molecule has 3 aromatic carbocycles. The minimum Gasteiger partial charge on any atom is -0.375 e. The maximum Gasteiger partial charge on any atom is 0.264 e. The smallest absolute Gasteiger partial charge is 0.264 e. The number of hydrogen-bond donors (Lipinski definition) is 1. The summed E-state index contributed by atoms with van der Waals surface area (Å²) in [5.74, 6) is -1.70. The molecule has 3 aromatic rings. The molecule has 1 heterocycles. The molecular formula is C24H20ClNO3. The van der Waals surface area contributed by atoms with Gasteiger partial charge in [0.05, 0.1) is 18.2 Å². The number of amides is 1. The number of nitrogens with zero attached hydrogens (tertiary/aromatic N) is 1. The van der Waals surface area contributed by atoms with Crippen LogP contribution in [0.5, 0.6) is 0 Å². The molecule has 29 heavy (non-hydrogen) atoms. The molecule has 1 aliphatic rings. The van der Waals surface area contributed by atoms with Crippen LogP contribution < -0.4 is 4.90 Å². The lowest BCUT2D eigenvalue weighted by molar-refractivity contribution is -0.139. The highest BCUT2D eigenvalue weighted by atomic mass is 35.5. The molecule has 0 aromatic heterocycles. The summed E-state index contributed by atoms with van der Waals surface area (Å²) in [5.41, 5.74) is 0.493. The van der Waals surface area contributed by atoms with Crippen LogP contribution in [0.1, 0.15) is 28.4 Å². The van der Waals surface area contributed by atoms with E-state index in [1.807, 2.05) is 24.3 Å². The van der Waals surface area contributed by atoms with Crippen LogP contribution in [0.15, 0.2) is 78.9 Å². The SMILES string of the molecule is C[C@@H](C(=O)c1ccccc1)[C@]1(O)C(=O)N(Cc2ccc(Cl)cc2)c2ccccc21. The molecule has 1 aliphatic heterocycles. The van der Waals surface area contributed by atoms with Crippen molar-refractivity contribution in [3.05, 3.63) is 101 Å². The fourth-order valence-corrected chi connectivity index (χ4v) is 3.98. The summed E-state index contributed by atoms with van der Waals surface area (Å²) < 4.78 is 0. The molecule has 0 aliphatic carbocycles. The first kappa shape index (κ1) is 19.4. The van der Waals surface area contributed by atoms with Crippen LogP contribution in [0.4, 0.5) is 5.69 Å². The van der Waals surface area contributed by atoms with Gasteiger partial charge in [-0.25, -0.2) is 0 Å². The number of anilines is 1. The first-order valence-corrected chi connectivity index (χ1v) is 9.78. The number of hydrogen-bond acceptors (Lipinski definition) is 3. The number of aliphatic hydroxyl groups is 1. The lowest BCUT2D eigenvalue weighted by Crippen LogP contribution is -2.47. The Morgan fingerprint density at radius 2 is 1.62 bits per heavy atom. The van der Waals surface area contributed by atoms with Gasteiger partial charge in [-0.15, -0.1) is 0 Å². The second kappa shape index (κ2) is 7.47. The first-order chi connectivity index (χ1) is 13.9. The third-order valence-electron chi connectivity index (χ3n) is 5.51. The molecule has 0 saturated heterocycles. The van der Waals surface area contributed by atoms with Crippen LogP contribution in [-0.2, 0) is 16.9 Å². The first-order valence-electron chi connectivity index (χ1n) is 9.40. The van der Waals surface area contributed by atoms with Crippen molar-refractivity contribution in [1.82, 2.24) is 0 Å². The van der Waals surface area contributed by atoms with Crippen LogP contribution in [-0.4, -0.2) is 16.8 Å². The number of rotatable bonds is 5. The van der Waals surface area contributed by atoms with Crippen molar-refractivity contribution in [3.8, 4) is 0 Å². The van der Waals surface area contributed by atoms with Gasteiger partial charge < -0.3 is 10.0 Å². The summed E-state index contributed by atoms with van der Waals surface area (Å²) in [6.07, 6.45) is 0. The number of carbonyl (C=O) groups is 2. The van der Waals surface area contributed by atoms with Crippen LogP contribution in [0.25, 0.3) is 0 Å². The van der Waals surface area contributed by atoms with Crippen LogP contribution in [0, 0.1) is 5.92 Å². The monoisotopic (exact) mass is 405 g/mol. The number of para-hydroxylation sites is 1. The maximum atomic E-state index is 13.4. The van der Waals surface area contributed by atoms with Crippen LogP contribution in [0.2, 0.25) is 5.02 Å². The van der Waals surface area contributed by atoms with Gasteiger partial charge in [-0.05, 0) is 23.8 Å². The Bertz CT molecular complexity index is 1060. The Morgan fingerprint density at radius 1 is 1.00 bits per heavy atom. The number of Topliss-reactive ketones (excluding diaryl/α,β-unsaturated/α-hetero) is 1. The lowest BCUT2D eigenvalue weighted by Gasteiger charge is -2.28. The average molecular weight is 406 g/mol. The van der Waals surface area contributed by atoms with E-state index in [4.69, 9.17) is 11.6 Å². The summed E-state index contributed by atoms with van der Waals surface area (Å²) in [6.45, 7) is 1.89. The zero-order valence-corrected chi connectivity index (χ0v) is 16.6. The van der Waals surface area contributed by atoms with Gasteiger partial charge in [0.2, 0.25) is 0 Å². The van der Waals surface area contributed by atoms with Crippen molar-refractivity contribution in [3.63, 3.8) is 0 Å². The molecule has 1 N–H and O–H groups in total. The summed E-state index contributed by atoms with van der Waals surface area (Å²) in [6, 6.07) is 23.0. The average Bonchev–Trinajstić information content (AvgIpc) is 2.97. The van der Waals surface area contributed by atoms with Gasteiger partial charge >= 0.3 is 0 Å². The summed E-state index contributed by atoms with van der Waals surface area (Å²) >= 11 is 5.96. The Balaban J connectivity index is 1.73. The van der Waals surface area contributed by atoms with Gasteiger partial charge in [-0.2, -0.15) is 0 Å². The number of halogens is 1. The van der Waals surface area contributed by atoms with E-state index in [2.05, 4.69) is 0 Å². The van der Waals surface area contributed by atoms with Gasteiger partial charge in [0, 0.05) is 16.1 Å². The fourth-order valence-electron chi connectivity index (χ4n) is 3.85. The van der Waals surface area contributed by atoms with Crippen molar-refractivity contribution in [2.45, 2.75) is 19.1 Å².